The van der Waals surface area contributed by atoms with E-state index in [4.69, 9.17) is 10.00 Å². The van der Waals surface area contributed by atoms with Gasteiger partial charge in [-0.15, -0.1) is 0 Å². The third-order valence-corrected chi connectivity index (χ3v) is 4.64. The number of carbonyl (C=O) groups excluding carboxylic acids is 1. The van der Waals surface area contributed by atoms with E-state index in [9.17, 15) is 9.59 Å². The number of amides is 1. The van der Waals surface area contributed by atoms with Crippen LogP contribution in [-0.2, 0) is 13.1 Å². The Kier molecular flexibility index (Phi) is 7.55. The standard InChI is InChI=1S/C24H24N4O3/c1-2-14-27(18-20-10-8-19(17-25)9-11-20)24(30)22-12-13-23(29)28(26-22)15-16-31-21-6-4-3-5-7-21/h3-13H,2,14-16,18H2,1H3. The van der Waals surface area contributed by atoms with Gasteiger partial charge in [-0.2, -0.15) is 10.4 Å². The summed E-state index contributed by atoms with van der Waals surface area (Å²) in [5.41, 5.74) is 1.41. The van der Waals surface area contributed by atoms with Crippen molar-refractivity contribution in [1.29, 1.82) is 5.26 Å². The van der Waals surface area contributed by atoms with Crippen molar-refractivity contribution in [3.63, 3.8) is 0 Å². The van der Waals surface area contributed by atoms with Crippen molar-refractivity contribution in [2.75, 3.05) is 13.2 Å². The lowest BCUT2D eigenvalue weighted by molar-refractivity contribution is 0.0734. The van der Waals surface area contributed by atoms with Crippen molar-refractivity contribution in [3.05, 3.63) is 93.9 Å². The van der Waals surface area contributed by atoms with Crippen LogP contribution in [0.1, 0.15) is 35.0 Å². The number of ether oxygens (including phenoxy) is 1. The summed E-state index contributed by atoms with van der Waals surface area (Å²) in [5, 5.41) is 13.2. The van der Waals surface area contributed by atoms with Crippen LogP contribution in [0.15, 0.2) is 71.5 Å². The van der Waals surface area contributed by atoms with Crippen LogP contribution < -0.4 is 10.3 Å². The van der Waals surface area contributed by atoms with Crippen molar-refractivity contribution in [2.45, 2.75) is 26.4 Å². The van der Waals surface area contributed by atoms with E-state index >= 15 is 0 Å². The molecule has 1 aromatic heterocycles. The molecule has 0 spiro atoms. The number of nitrogens with zero attached hydrogens (tertiary/aromatic N) is 4. The summed E-state index contributed by atoms with van der Waals surface area (Å²) in [6.07, 6.45) is 0.784. The predicted octanol–water partition coefficient (Wildman–Crippen LogP) is 3.25. The van der Waals surface area contributed by atoms with Gasteiger partial charge in [0.15, 0.2) is 0 Å². The first-order chi connectivity index (χ1) is 15.1. The molecule has 7 heteroatoms. The number of aromatic nitrogens is 2. The molecule has 0 N–H and O–H groups in total. The van der Waals surface area contributed by atoms with Crippen molar-refractivity contribution < 1.29 is 9.53 Å². The van der Waals surface area contributed by atoms with Gasteiger partial charge in [-0.1, -0.05) is 37.3 Å². The third-order valence-electron chi connectivity index (χ3n) is 4.64. The van der Waals surface area contributed by atoms with Crippen molar-refractivity contribution in [1.82, 2.24) is 14.7 Å². The second kappa shape index (κ2) is 10.7. The van der Waals surface area contributed by atoms with Crippen LogP contribution in [-0.4, -0.2) is 33.7 Å². The molecular formula is C24H24N4O3. The minimum Gasteiger partial charge on any atom is -0.492 e. The fourth-order valence-electron chi connectivity index (χ4n) is 3.08. The highest BCUT2D eigenvalue weighted by Crippen LogP contribution is 2.11. The molecule has 1 amide bonds. The van der Waals surface area contributed by atoms with E-state index in [-0.39, 0.29) is 30.3 Å². The van der Waals surface area contributed by atoms with Crippen LogP contribution in [0.25, 0.3) is 0 Å². The highest BCUT2D eigenvalue weighted by Gasteiger charge is 2.18. The molecule has 0 saturated carbocycles. The van der Waals surface area contributed by atoms with Gasteiger partial charge < -0.3 is 9.64 Å². The molecule has 3 aromatic rings. The average molecular weight is 416 g/mol. The smallest absolute Gasteiger partial charge is 0.274 e. The second-order valence-electron chi connectivity index (χ2n) is 6.98. The molecular weight excluding hydrogens is 392 g/mol. The lowest BCUT2D eigenvalue weighted by Crippen LogP contribution is -2.34. The van der Waals surface area contributed by atoms with E-state index in [1.165, 1.54) is 16.8 Å². The number of hydrogen-bond acceptors (Lipinski definition) is 5. The molecule has 0 atom stereocenters. The summed E-state index contributed by atoms with van der Waals surface area (Å²) in [7, 11) is 0. The Morgan fingerprint density at radius 1 is 1.10 bits per heavy atom. The average Bonchev–Trinajstić information content (AvgIpc) is 2.81. The zero-order chi connectivity index (χ0) is 22.1. The Labute approximate surface area is 181 Å². The maximum Gasteiger partial charge on any atom is 0.274 e. The molecule has 0 saturated heterocycles. The summed E-state index contributed by atoms with van der Waals surface area (Å²) in [6.45, 7) is 3.44. The van der Waals surface area contributed by atoms with Crippen molar-refractivity contribution in [2.24, 2.45) is 0 Å². The zero-order valence-corrected chi connectivity index (χ0v) is 17.4. The Balaban J connectivity index is 1.71. The number of rotatable bonds is 9. The maximum absolute atomic E-state index is 13.1. The van der Waals surface area contributed by atoms with Gasteiger partial charge in [0.25, 0.3) is 11.5 Å². The van der Waals surface area contributed by atoms with E-state index in [0.717, 1.165) is 12.0 Å². The minimum atomic E-state index is -0.289. The second-order valence-corrected chi connectivity index (χ2v) is 6.98. The summed E-state index contributed by atoms with van der Waals surface area (Å²) >= 11 is 0. The molecule has 0 radical (unpaired) electrons. The van der Waals surface area contributed by atoms with E-state index in [0.29, 0.717) is 24.4 Å². The van der Waals surface area contributed by atoms with E-state index < -0.39 is 0 Å². The molecule has 1 heterocycles. The van der Waals surface area contributed by atoms with Crippen LogP contribution in [0.4, 0.5) is 0 Å². The number of para-hydroxylation sites is 1. The molecule has 0 aliphatic rings. The highest BCUT2D eigenvalue weighted by molar-refractivity contribution is 5.92. The van der Waals surface area contributed by atoms with Gasteiger partial charge in [-0.05, 0) is 42.3 Å². The topological polar surface area (TPSA) is 88.2 Å². The molecule has 0 unspecified atom stereocenters. The van der Waals surface area contributed by atoms with E-state index in [2.05, 4.69) is 11.2 Å². The number of hydrogen-bond donors (Lipinski definition) is 0. The summed E-state index contributed by atoms with van der Waals surface area (Å²) in [4.78, 5) is 27.0. The SMILES string of the molecule is CCCN(Cc1ccc(C#N)cc1)C(=O)c1ccc(=O)n(CCOc2ccccc2)n1. The van der Waals surface area contributed by atoms with Crippen LogP contribution >= 0.6 is 0 Å². The minimum absolute atomic E-state index is 0.210. The van der Waals surface area contributed by atoms with Crippen LogP contribution in [0.3, 0.4) is 0 Å². The monoisotopic (exact) mass is 416 g/mol. The first kappa shape index (κ1) is 21.8. The van der Waals surface area contributed by atoms with Gasteiger partial charge >= 0.3 is 0 Å². The lowest BCUT2D eigenvalue weighted by Gasteiger charge is -2.22. The van der Waals surface area contributed by atoms with Crippen molar-refractivity contribution >= 4 is 5.91 Å². The molecule has 158 valence electrons. The van der Waals surface area contributed by atoms with E-state index in [1.54, 1.807) is 17.0 Å². The predicted molar refractivity (Wildman–Crippen MR) is 117 cm³/mol. The summed E-state index contributed by atoms with van der Waals surface area (Å²) in [5.74, 6) is 0.461. The van der Waals surface area contributed by atoms with Crippen LogP contribution in [0.5, 0.6) is 5.75 Å². The van der Waals surface area contributed by atoms with Gasteiger partial charge in [0.2, 0.25) is 0 Å². The van der Waals surface area contributed by atoms with E-state index in [1.807, 2.05) is 49.4 Å². The Bertz CT molecular complexity index is 1100. The van der Waals surface area contributed by atoms with Gasteiger partial charge in [-0.3, -0.25) is 9.59 Å². The quantitative estimate of drug-likeness (QED) is 0.534. The number of nitriles is 1. The van der Waals surface area contributed by atoms with Gasteiger partial charge in [0.05, 0.1) is 18.2 Å². The zero-order valence-electron chi connectivity index (χ0n) is 17.4. The Morgan fingerprint density at radius 3 is 2.52 bits per heavy atom. The summed E-state index contributed by atoms with van der Waals surface area (Å²) in [6, 6.07) is 21.3. The lowest BCUT2D eigenvalue weighted by atomic mass is 10.1. The van der Waals surface area contributed by atoms with Crippen LogP contribution in [0, 0.1) is 11.3 Å². The normalized spacial score (nSPS) is 10.3. The number of benzene rings is 2. The maximum atomic E-state index is 13.1. The number of carbonyl (C=O) groups is 1. The first-order valence-electron chi connectivity index (χ1n) is 10.1. The van der Waals surface area contributed by atoms with Gasteiger partial charge in [-0.25, -0.2) is 4.68 Å². The fraction of sp³-hybridized carbons (Fsp3) is 0.250. The third kappa shape index (κ3) is 6.03. The highest BCUT2D eigenvalue weighted by atomic mass is 16.5. The Morgan fingerprint density at radius 2 is 1.84 bits per heavy atom. The Hall–Kier alpha value is -3.92. The molecule has 3 rings (SSSR count). The fourth-order valence-corrected chi connectivity index (χ4v) is 3.08. The molecule has 0 aliphatic carbocycles. The first-order valence-corrected chi connectivity index (χ1v) is 10.1. The molecule has 0 bridgehead atoms. The van der Waals surface area contributed by atoms with Gasteiger partial charge in [0.1, 0.15) is 18.1 Å². The largest absolute Gasteiger partial charge is 0.492 e. The molecule has 2 aromatic carbocycles. The molecule has 0 aliphatic heterocycles. The molecule has 7 nitrogen and oxygen atoms in total. The molecule has 31 heavy (non-hydrogen) atoms. The van der Waals surface area contributed by atoms with Crippen molar-refractivity contribution in [3.8, 4) is 11.8 Å². The molecule has 0 fully saturated rings. The van der Waals surface area contributed by atoms with Gasteiger partial charge in [0, 0.05) is 19.2 Å². The summed E-state index contributed by atoms with van der Waals surface area (Å²) < 4.78 is 6.88. The van der Waals surface area contributed by atoms with Crippen LogP contribution in [0.2, 0.25) is 0 Å².